The van der Waals surface area contributed by atoms with Gasteiger partial charge in [0.1, 0.15) is 5.04 Å². The topological polar surface area (TPSA) is 69.9 Å². The molecular weight excluding hydrogens is 436 g/mol. The molecule has 0 aliphatic carbocycles. The first-order valence-corrected chi connectivity index (χ1v) is 11.1. The van der Waals surface area contributed by atoms with Crippen LogP contribution in [-0.4, -0.2) is 41.7 Å². The summed E-state index contributed by atoms with van der Waals surface area (Å²) < 4.78 is 12.5. The van der Waals surface area contributed by atoms with Crippen LogP contribution in [0.25, 0.3) is 6.08 Å². The fourth-order valence-corrected chi connectivity index (χ4v) is 4.61. The van der Waals surface area contributed by atoms with E-state index in [4.69, 9.17) is 21.1 Å². The van der Waals surface area contributed by atoms with Gasteiger partial charge in [-0.05, 0) is 62.7 Å². The van der Waals surface area contributed by atoms with Crippen LogP contribution in [0.1, 0.15) is 23.9 Å². The van der Waals surface area contributed by atoms with Crippen molar-refractivity contribution in [2.45, 2.75) is 27.3 Å². The van der Waals surface area contributed by atoms with Gasteiger partial charge in [0.25, 0.3) is 0 Å². The van der Waals surface area contributed by atoms with Crippen molar-refractivity contribution < 1.29 is 19.1 Å². The highest BCUT2D eigenvalue weighted by Gasteiger charge is 2.43. The van der Waals surface area contributed by atoms with Crippen molar-refractivity contribution in [1.82, 2.24) is 4.57 Å². The normalized spacial score (nSPS) is 18.9. The molecule has 0 spiro atoms. The summed E-state index contributed by atoms with van der Waals surface area (Å²) in [6, 6.07) is 8.95. The minimum atomic E-state index is -1.05. The number of allylic oxidation sites excluding steroid dienone is 1. The summed E-state index contributed by atoms with van der Waals surface area (Å²) in [6.45, 7) is 7.26. The van der Waals surface area contributed by atoms with E-state index in [-0.39, 0.29) is 12.4 Å². The number of esters is 1. The van der Waals surface area contributed by atoms with Crippen molar-refractivity contribution in [3.63, 3.8) is 0 Å². The number of aliphatic imine (C=N–C) groups is 1. The number of hydrogen-bond donors (Lipinski definition) is 0. The Morgan fingerprint density at radius 3 is 2.65 bits per heavy atom. The number of benzene rings is 1. The molecule has 0 radical (unpaired) electrons. The molecule has 0 N–H and O–H groups in total. The smallest absolute Gasteiger partial charge is 0.323 e. The van der Waals surface area contributed by atoms with Gasteiger partial charge in [-0.15, -0.1) is 0 Å². The molecule has 1 aliphatic rings. The SMILES string of the molecule is CCOC(=O)C1C(=O)/C(=C/c2cc(C)n(CCOC)c2C)SC1=Nc1ccc(Cl)cc1. The molecular formula is C23H25ClN2O4S. The molecule has 3 rings (SSSR count). The number of halogens is 1. The molecule has 0 saturated carbocycles. The zero-order valence-electron chi connectivity index (χ0n) is 18.0. The van der Waals surface area contributed by atoms with Gasteiger partial charge in [0.05, 0.1) is 23.8 Å². The zero-order chi connectivity index (χ0) is 22.5. The standard InChI is InChI=1S/C23H25ClN2O4S/c1-5-30-23(28)20-21(27)19(31-22(20)25-18-8-6-17(24)7-9-18)13-16-12-14(2)26(15(16)3)10-11-29-4/h6-9,12-13,20H,5,10-11H2,1-4H3/b19-13-,25-22?. The molecule has 1 aromatic heterocycles. The van der Waals surface area contributed by atoms with Crippen LogP contribution in [0.5, 0.6) is 0 Å². The molecule has 1 aromatic carbocycles. The highest BCUT2D eigenvalue weighted by molar-refractivity contribution is 8.19. The molecule has 2 heterocycles. The lowest BCUT2D eigenvalue weighted by Gasteiger charge is -2.08. The highest BCUT2D eigenvalue weighted by Crippen LogP contribution is 2.39. The van der Waals surface area contributed by atoms with E-state index in [1.54, 1.807) is 38.3 Å². The van der Waals surface area contributed by atoms with E-state index >= 15 is 0 Å². The van der Waals surface area contributed by atoms with Gasteiger partial charge < -0.3 is 14.0 Å². The Morgan fingerprint density at radius 2 is 2.00 bits per heavy atom. The Kier molecular flexibility index (Phi) is 7.75. The van der Waals surface area contributed by atoms with Crippen molar-refractivity contribution in [2.24, 2.45) is 10.9 Å². The zero-order valence-corrected chi connectivity index (χ0v) is 19.5. The lowest BCUT2D eigenvalue weighted by atomic mass is 10.0. The van der Waals surface area contributed by atoms with Gasteiger partial charge in [-0.25, -0.2) is 4.99 Å². The molecule has 0 amide bonds. The largest absolute Gasteiger partial charge is 0.465 e. The fourth-order valence-electron chi connectivity index (χ4n) is 3.38. The number of aromatic nitrogens is 1. The van der Waals surface area contributed by atoms with E-state index in [1.807, 2.05) is 26.0 Å². The predicted octanol–water partition coefficient (Wildman–Crippen LogP) is 4.97. The number of carbonyl (C=O) groups is 2. The summed E-state index contributed by atoms with van der Waals surface area (Å²) in [5.41, 5.74) is 3.66. The van der Waals surface area contributed by atoms with Gasteiger partial charge in [-0.2, -0.15) is 0 Å². The van der Waals surface area contributed by atoms with E-state index < -0.39 is 11.9 Å². The summed E-state index contributed by atoms with van der Waals surface area (Å²) in [5.74, 6) is -1.93. The highest BCUT2D eigenvalue weighted by atomic mass is 35.5. The lowest BCUT2D eigenvalue weighted by molar-refractivity contribution is -0.147. The van der Waals surface area contributed by atoms with Crippen molar-refractivity contribution in [3.05, 3.63) is 57.2 Å². The Balaban J connectivity index is 1.98. The van der Waals surface area contributed by atoms with Gasteiger partial charge in [0.2, 0.25) is 0 Å². The van der Waals surface area contributed by atoms with Crippen LogP contribution in [0.2, 0.25) is 5.02 Å². The Morgan fingerprint density at radius 1 is 1.29 bits per heavy atom. The molecule has 31 heavy (non-hydrogen) atoms. The van der Waals surface area contributed by atoms with Crippen LogP contribution in [0.3, 0.4) is 0 Å². The monoisotopic (exact) mass is 460 g/mol. The van der Waals surface area contributed by atoms with E-state index in [0.717, 1.165) is 23.5 Å². The van der Waals surface area contributed by atoms with Gasteiger partial charge >= 0.3 is 5.97 Å². The summed E-state index contributed by atoms with van der Waals surface area (Å²) in [5, 5.41) is 0.996. The Bertz CT molecular complexity index is 1040. The number of thioether (sulfide) groups is 1. The molecule has 6 nitrogen and oxygen atoms in total. The van der Waals surface area contributed by atoms with Crippen LogP contribution in [-0.2, 0) is 25.6 Å². The maximum Gasteiger partial charge on any atom is 0.323 e. The average molecular weight is 461 g/mol. The van der Waals surface area contributed by atoms with E-state index in [2.05, 4.69) is 9.56 Å². The third kappa shape index (κ3) is 5.29. The minimum absolute atomic E-state index is 0.196. The fraction of sp³-hybridized carbons (Fsp3) is 0.348. The molecule has 1 saturated heterocycles. The van der Waals surface area contributed by atoms with Crippen molar-refractivity contribution in [2.75, 3.05) is 20.3 Å². The summed E-state index contributed by atoms with van der Waals surface area (Å²) >= 11 is 7.16. The van der Waals surface area contributed by atoms with E-state index in [0.29, 0.717) is 27.3 Å². The Hall–Kier alpha value is -2.35. The quantitative estimate of drug-likeness (QED) is 0.331. The third-order valence-electron chi connectivity index (χ3n) is 4.97. The summed E-state index contributed by atoms with van der Waals surface area (Å²) in [7, 11) is 1.67. The maximum atomic E-state index is 13.1. The predicted molar refractivity (Wildman–Crippen MR) is 125 cm³/mol. The number of hydrogen-bond acceptors (Lipinski definition) is 6. The van der Waals surface area contributed by atoms with Crippen LogP contribution in [0.15, 0.2) is 40.2 Å². The summed E-state index contributed by atoms with van der Waals surface area (Å²) in [6.07, 6.45) is 1.83. The van der Waals surface area contributed by atoms with Crippen LogP contribution in [0, 0.1) is 19.8 Å². The third-order valence-corrected chi connectivity index (χ3v) is 6.30. The number of nitrogens with zero attached hydrogens (tertiary/aromatic N) is 2. The molecule has 1 unspecified atom stereocenters. The second kappa shape index (κ2) is 10.3. The maximum absolute atomic E-state index is 13.1. The molecule has 8 heteroatoms. The van der Waals surface area contributed by atoms with E-state index in [1.165, 1.54) is 11.8 Å². The first-order chi connectivity index (χ1) is 14.8. The minimum Gasteiger partial charge on any atom is -0.465 e. The molecule has 1 atom stereocenters. The molecule has 0 bridgehead atoms. The number of rotatable bonds is 7. The van der Waals surface area contributed by atoms with Crippen LogP contribution in [0.4, 0.5) is 5.69 Å². The number of Topliss-reactive ketones (excluding diaryl/α,β-unsaturated/α-hetero) is 1. The van der Waals surface area contributed by atoms with E-state index in [9.17, 15) is 9.59 Å². The number of methoxy groups -OCH3 is 1. The van der Waals surface area contributed by atoms with Crippen molar-refractivity contribution >= 4 is 51.9 Å². The van der Waals surface area contributed by atoms with Crippen LogP contribution >= 0.6 is 23.4 Å². The van der Waals surface area contributed by atoms with Gasteiger partial charge in [-0.1, -0.05) is 23.4 Å². The summed E-state index contributed by atoms with van der Waals surface area (Å²) in [4.78, 5) is 30.7. The first kappa shape index (κ1) is 23.3. The lowest BCUT2D eigenvalue weighted by Crippen LogP contribution is -2.27. The van der Waals surface area contributed by atoms with Crippen molar-refractivity contribution in [1.29, 1.82) is 0 Å². The van der Waals surface area contributed by atoms with Gasteiger partial charge in [0.15, 0.2) is 11.7 Å². The van der Waals surface area contributed by atoms with Crippen molar-refractivity contribution in [3.8, 4) is 0 Å². The molecule has 2 aromatic rings. The second-order valence-electron chi connectivity index (χ2n) is 7.06. The molecule has 164 valence electrons. The molecule has 1 fully saturated rings. The average Bonchev–Trinajstić information content (AvgIpc) is 3.18. The van der Waals surface area contributed by atoms with Crippen LogP contribution < -0.4 is 0 Å². The Labute approximate surface area is 191 Å². The number of aryl methyl sites for hydroxylation is 1. The van der Waals surface area contributed by atoms with Gasteiger partial charge in [0, 0.05) is 30.1 Å². The first-order valence-electron chi connectivity index (χ1n) is 9.96. The van der Waals surface area contributed by atoms with Gasteiger partial charge in [-0.3, -0.25) is 9.59 Å². The molecule has 1 aliphatic heterocycles. The number of carbonyl (C=O) groups excluding carboxylic acids is 2. The number of ketones is 1. The second-order valence-corrected chi connectivity index (χ2v) is 8.56. The number of ether oxygens (including phenoxy) is 2.